The molecule has 0 aliphatic rings. The Morgan fingerprint density at radius 3 is 2.59 bits per heavy atom. The number of Topliss-reactive ketones (excluding diaryl/α,β-unsaturated/α-hetero) is 1. The minimum Gasteiger partial charge on any atom is -0.392 e. The molecule has 0 aliphatic carbocycles. The van der Waals surface area contributed by atoms with Crippen molar-refractivity contribution in [2.24, 2.45) is 5.92 Å². The Hall–Kier alpha value is -1.41. The zero-order valence-corrected chi connectivity index (χ0v) is 10.3. The fraction of sp³-hybridized carbons (Fsp3) is 0.400. The van der Waals surface area contributed by atoms with Crippen LogP contribution in [-0.2, 0) is 0 Å². The van der Waals surface area contributed by atoms with Crippen LogP contribution in [0.4, 0.5) is 0 Å². The van der Waals surface area contributed by atoms with Crippen molar-refractivity contribution in [2.75, 3.05) is 0 Å². The molecule has 0 unspecified atom stereocenters. The fourth-order valence-electron chi connectivity index (χ4n) is 1.93. The summed E-state index contributed by atoms with van der Waals surface area (Å²) in [5, 5.41) is 10.0. The van der Waals surface area contributed by atoms with Gasteiger partial charge in [-0.2, -0.15) is 0 Å². The van der Waals surface area contributed by atoms with Gasteiger partial charge in [-0.3, -0.25) is 4.79 Å². The standard InChI is InChI=1S/C15H20O2/c1-3-8-13(14(16)9-4-2)15(17)12-10-6-5-7-11-12/h3,5-7,10-11,13-14,16H,1,4,8-9H2,2H3/t13-,14+/m0/s1. The third kappa shape index (κ3) is 3.82. The predicted molar refractivity (Wildman–Crippen MR) is 70.0 cm³/mol. The van der Waals surface area contributed by atoms with Gasteiger partial charge in [0.2, 0.25) is 0 Å². The number of allylic oxidation sites excluding steroid dienone is 1. The van der Waals surface area contributed by atoms with Crippen molar-refractivity contribution in [3.8, 4) is 0 Å². The van der Waals surface area contributed by atoms with E-state index in [0.717, 1.165) is 6.42 Å². The van der Waals surface area contributed by atoms with Crippen molar-refractivity contribution in [1.29, 1.82) is 0 Å². The summed E-state index contributed by atoms with van der Waals surface area (Å²) in [6, 6.07) is 9.13. The van der Waals surface area contributed by atoms with Gasteiger partial charge in [0.1, 0.15) is 0 Å². The van der Waals surface area contributed by atoms with Gasteiger partial charge >= 0.3 is 0 Å². The van der Waals surface area contributed by atoms with Crippen molar-refractivity contribution in [2.45, 2.75) is 32.3 Å². The topological polar surface area (TPSA) is 37.3 Å². The van der Waals surface area contributed by atoms with Crippen LogP contribution in [0.25, 0.3) is 0 Å². The van der Waals surface area contributed by atoms with Crippen molar-refractivity contribution in [1.82, 2.24) is 0 Å². The van der Waals surface area contributed by atoms with Crippen LogP contribution in [0.3, 0.4) is 0 Å². The summed E-state index contributed by atoms with van der Waals surface area (Å²) in [5.74, 6) is -0.360. The van der Waals surface area contributed by atoms with E-state index in [4.69, 9.17) is 0 Å². The molecule has 2 atom stereocenters. The quantitative estimate of drug-likeness (QED) is 0.579. The lowest BCUT2D eigenvalue weighted by atomic mass is 9.88. The lowest BCUT2D eigenvalue weighted by Gasteiger charge is -2.20. The van der Waals surface area contributed by atoms with Crippen molar-refractivity contribution >= 4 is 5.78 Å². The summed E-state index contributed by atoms with van der Waals surface area (Å²) in [5.41, 5.74) is 0.662. The second-order valence-corrected chi connectivity index (χ2v) is 4.22. The highest BCUT2D eigenvalue weighted by atomic mass is 16.3. The maximum atomic E-state index is 12.2. The molecule has 0 radical (unpaired) electrons. The van der Waals surface area contributed by atoms with Crippen molar-refractivity contribution in [3.63, 3.8) is 0 Å². The summed E-state index contributed by atoms with van der Waals surface area (Å²) in [6.45, 7) is 5.66. The summed E-state index contributed by atoms with van der Waals surface area (Å²) < 4.78 is 0. The number of aliphatic hydroxyl groups is 1. The van der Waals surface area contributed by atoms with Crippen LogP contribution in [0.1, 0.15) is 36.5 Å². The van der Waals surface area contributed by atoms with Crippen LogP contribution in [-0.4, -0.2) is 17.0 Å². The molecule has 1 aromatic rings. The molecule has 0 amide bonds. The smallest absolute Gasteiger partial charge is 0.168 e. The van der Waals surface area contributed by atoms with E-state index in [0.29, 0.717) is 18.4 Å². The fourth-order valence-corrected chi connectivity index (χ4v) is 1.93. The maximum Gasteiger partial charge on any atom is 0.168 e. The molecule has 2 nitrogen and oxygen atoms in total. The Morgan fingerprint density at radius 1 is 1.41 bits per heavy atom. The molecule has 0 aliphatic heterocycles. The summed E-state index contributed by atoms with van der Waals surface area (Å²) in [7, 11) is 0. The second kappa shape index (κ2) is 7.02. The van der Waals surface area contributed by atoms with Gasteiger partial charge in [0.25, 0.3) is 0 Å². The van der Waals surface area contributed by atoms with E-state index in [2.05, 4.69) is 6.58 Å². The molecule has 0 fully saturated rings. The van der Waals surface area contributed by atoms with Gasteiger partial charge in [-0.15, -0.1) is 6.58 Å². The average molecular weight is 232 g/mol. The second-order valence-electron chi connectivity index (χ2n) is 4.22. The number of aliphatic hydroxyl groups excluding tert-OH is 1. The molecule has 2 heteroatoms. The van der Waals surface area contributed by atoms with E-state index >= 15 is 0 Å². The van der Waals surface area contributed by atoms with E-state index in [-0.39, 0.29) is 11.7 Å². The van der Waals surface area contributed by atoms with E-state index in [1.165, 1.54) is 0 Å². The number of rotatable bonds is 7. The zero-order chi connectivity index (χ0) is 12.7. The zero-order valence-electron chi connectivity index (χ0n) is 10.3. The largest absolute Gasteiger partial charge is 0.392 e. The first-order valence-corrected chi connectivity index (χ1v) is 6.09. The molecule has 17 heavy (non-hydrogen) atoms. The van der Waals surface area contributed by atoms with Crippen LogP contribution < -0.4 is 0 Å². The van der Waals surface area contributed by atoms with E-state index in [1.54, 1.807) is 18.2 Å². The molecule has 0 saturated heterocycles. The molecule has 0 bridgehead atoms. The highest BCUT2D eigenvalue weighted by molar-refractivity contribution is 5.98. The number of carbonyl (C=O) groups excluding carboxylic acids is 1. The summed E-state index contributed by atoms with van der Waals surface area (Å²) in [4.78, 5) is 12.2. The van der Waals surface area contributed by atoms with Crippen LogP contribution in [0.2, 0.25) is 0 Å². The lowest BCUT2D eigenvalue weighted by Crippen LogP contribution is -2.28. The highest BCUT2D eigenvalue weighted by Crippen LogP contribution is 2.20. The third-order valence-corrected chi connectivity index (χ3v) is 2.86. The first-order valence-electron chi connectivity index (χ1n) is 6.09. The Morgan fingerprint density at radius 2 is 2.06 bits per heavy atom. The van der Waals surface area contributed by atoms with Gasteiger partial charge in [0, 0.05) is 5.56 Å². The molecular weight excluding hydrogens is 212 g/mol. The SMILES string of the molecule is C=CC[C@H](C(=O)c1ccccc1)[C@H](O)CCC. The number of benzene rings is 1. The van der Waals surface area contributed by atoms with Crippen molar-refractivity contribution < 1.29 is 9.90 Å². The Kier molecular flexibility index (Phi) is 5.64. The maximum absolute atomic E-state index is 12.2. The van der Waals surface area contributed by atoms with Gasteiger partial charge in [-0.05, 0) is 12.8 Å². The van der Waals surface area contributed by atoms with Crippen molar-refractivity contribution in [3.05, 3.63) is 48.6 Å². The van der Waals surface area contributed by atoms with Gasteiger partial charge in [0.15, 0.2) is 5.78 Å². The molecule has 0 spiro atoms. The van der Waals surface area contributed by atoms with Crippen LogP contribution in [0.5, 0.6) is 0 Å². The molecule has 0 heterocycles. The third-order valence-electron chi connectivity index (χ3n) is 2.86. The van der Waals surface area contributed by atoms with Gasteiger partial charge in [-0.1, -0.05) is 49.8 Å². The monoisotopic (exact) mass is 232 g/mol. The average Bonchev–Trinajstić information content (AvgIpc) is 2.36. The van der Waals surface area contributed by atoms with E-state index in [1.807, 2.05) is 25.1 Å². The molecule has 0 aromatic heterocycles. The molecule has 1 N–H and O–H groups in total. The van der Waals surface area contributed by atoms with Crippen LogP contribution >= 0.6 is 0 Å². The highest BCUT2D eigenvalue weighted by Gasteiger charge is 2.25. The minimum absolute atomic E-state index is 0.00597. The lowest BCUT2D eigenvalue weighted by molar-refractivity contribution is 0.0656. The Balaban J connectivity index is 2.83. The van der Waals surface area contributed by atoms with Crippen LogP contribution in [0, 0.1) is 5.92 Å². The Labute approximate surface area is 103 Å². The van der Waals surface area contributed by atoms with Crippen LogP contribution in [0.15, 0.2) is 43.0 Å². The summed E-state index contributed by atoms with van der Waals surface area (Å²) >= 11 is 0. The van der Waals surface area contributed by atoms with E-state index in [9.17, 15) is 9.90 Å². The number of hydrogen-bond donors (Lipinski definition) is 1. The minimum atomic E-state index is -0.578. The van der Waals surface area contributed by atoms with E-state index < -0.39 is 6.10 Å². The molecule has 1 rings (SSSR count). The van der Waals surface area contributed by atoms with Gasteiger partial charge in [-0.25, -0.2) is 0 Å². The first kappa shape index (κ1) is 13.7. The number of hydrogen-bond acceptors (Lipinski definition) is 2. The molecular formula is C15H20O2. The number of carbonyl (C=O) groups is 1. The first-order chi connectivity index (χ1) is 8.20. The van der Waals surface area contributed by atoms with Gasteiger partial charge < -0.3 is 5.11 Å². The molecule has 0 saturated carbocycles. The van der Waals surface area contributed by atoms with Gasteiger partial charge in [0.05, 0.1) is 12.0 Å². The molecule has 1 aromatic carbocycles. The predicted octanol–water partition coefficient (Wildman–Crippen LogP) is 3.22. The molecule has 92 valence electrons. The normalized spacial score (nSPS) is 14.0. The summed E-state index contributed by atoms with van der Waals surface area (Å²) in [6.07, 6.45) is 3.17. The Bertz CT molecular complexity index is 356. The number of ketones is 1.